The lowest BCUT2D eigenvalue weighted by atomic mass is 10.0. The SMILES string of the molecule is CN1C(=O)OC(c2ccc(Cl)cc2)C1CO. The number of hydrogen-bond acceptors (Lipinski definition) is 3. The van der Waals surface area contributed by atoms with Crippen molar-refractivity contribution in [3.8, 4) is 0 Å². The molecular weight excluding hydrogens is 230 g/mol. The molecule has 0 saturated carbocycles. The predicted octanol–water partition coefficient (Wildman–Crippen LogP) is 1.82. The second kappa shape index (κ2) is 4.31. The maximum absolute atomic E-state index is 11.4. The lowest BCUT2D eigenvalue weighted by Gasteiger charge is -2.18. The van der Waals surface area contributed by atoms with Gasteiger partial charge in [-0.15, -0.1) is 0 Å². The second-order valence-corrected chi connectivity index (χ2v) is 4.15. The van der Waals surface area contributed by atoms with Crippen LogP contribution in [0.3, 0.4) is 0 Å². The van der Waals surface area contributed by atoms with Gasteiger partial charge in [-0.25, -0.2) is 4.79 Å². The number of halogens is 1. The first-order valence-electron chi connectivity index (χ1n) is 4.93. The Morgan fingerprint density at radius 2 is 2.06 bits per heavy atom. The number of rotatable bonds is 2. The molecule has 0 bridgehead atoms. The molecule has 2 unspecified atom stereocenters. The molecule has 5 heteroatoms. The van der Waals surface area contributed by atoms with E-state index < -0.39 is 12.2 Å². The Labute approximate surface area is 98.4 Å². The van der Waals surface area contributed by atoms with Gasteiger partial charge in [0.2, 0.25) is 0 Å². The highest BCUT2D eigenvalue weighted by Crippen LogP contribution is 2.31. The van der Waals surface area contributed by atoms with Crippen LogP contribution in [-0.2, 0) is 4.74 Å². The zero-order valence-corrected chi connectivity index (χ0v) is 9.52. The number of benzene rings is 1. The fourth-order valence-corrected chi connectivity index (χ4v) is 1.90. The number of carbonyl (C=O) groups is 1. The van der Waals surface area contributed by atoms with Gasteiger partial charge in [0, 0.05) is 12.1 Å². The summed E-state index contributed by atoms with van der Waals surface area (Å²) in [4.78, 5) is 12.8. The van der Waals surface area contributed by atoms with E-state index in [0.29, 0.717) is 5.02 Å². The fourth-order valence-electron chi connectivity index (χ4n) is 1.77. The summed E-state index contributed by atoms with van der Waals surface area (Å²) in [5.74, 6) is 0. The van der Waals surface area contributed by atoms with Crippen molar-refractivity contribution < 1.29 is 14.6 Å². The first kappa shape index (κ1) is 11.2. The molecule has 1 saturated heterocycles. The van der Waals surface area contributed by atoms with Gasteiger partial charge >= 0.3 is 6.09 Å². The summed E-state index contributed by atoms with van der Waals surface area (Å²) < 4.78 is 5.19. The van der Waals surface area contributed by atoms with Crippen LogP contribution in [0.25, 0.3) is 0 Å². The molecule has 86 valence electrons. The topological polar surface area (TPSA) is 49.8 Å². The van der Waals surface area contributed by atoms with Gasteiger partial charge in [0.05, 0.1) is 12.6 Å². The van der Waals surface area contributed by atoms with Crippen LogP contribution in [0, 0.1) is 0 Å². The monoisotopic (exact) mass is 241 g/mol. The molecule has 1 heterocycles. The van der Waals surface area contributed by atoms with Gasteiger partial charge in [-0.05, 0) is 17.7 Å². The van der Waals surface area contributed by atoms with E-state index in [1.165, 1.54) is 4.90 Å². The molecule has 1 fully saturated rings. The van der Waals surface area contributed by atoms with Gasteiger partial charge in [-0.1, -0.05) is 23.7 Å². The minimum absolute atomic E-state index is 0.129. The van der Waals surface area contributed by atoms with Crippen molar-refractivity contribution in [3.05, 3.63) is 34.9 Å². The maximum atomic E-state index is 11.4. The van der Waals surface area contributed by atoms with Gasteiger partial charge in [0.25, 0.3) is 0 Å². The van der Waals surface area contributed by atoms with E-state index in [-0.39, 0.29) is 12.6 Å². The molecule has 2 rings (SSSR count). The Morgan fingerprint density at radius 3 is 2.62 bits per heavy atom. The zero-order chi connectivity index (χ0) is 11.7. The summed E-state index contributed by atoms with van der Waals surface area (Å²) >= 11 is 5.78. The van der Waals surface area contributed by atoms with E-state index in [2.05, 4.69) is 0 Å². The van der Waals surface area contributed by atoms with Crippen molar-refractivity contribution in [1.29, 1.82) is 0 Å². The number of ether oxygens (including phenoxy) is 1. The molecule has 2 atom stereocenters. The van der Waals surface area contributed by atoms with Crippen LogP contribution in [0.5, 0.6) is 0 Å². The summed E-state index contributed by atoms with van der Waals surface area (Å²) in [7, 11) is 1.61. The van der Waals surface area contributed by atoms with Crippen LogP contribution in [0.1, 0.15) is 11.7 Å². The number of cyclic esters (lactones) is 1. The third kappa shape index (κ3) is 1.86. The number of likely N-dealkylation sites (N-methyl/N-ethyl adjacent to an activating group) is 1. The maximum Gasteiger partial charge on any atom is 0.410 e. The number of amides is 1. The van der Waals surface area contributed by atoms with Gasteiger partial charge in [-0.3, -0.25) is 0 Å². The molecular formula is C11H12ClNO3. The summed E-state index contributed by atoms with van der Waals surface area (Å²) in [5.41, 5.74) is 0.834. The molecule has 0 spiro atoms. The minimum Gasteiger partial charge on any atom is -0.439 e. The Hall–Kier alpha value is -1.26. The predicted molar refractivity (Wildman–Crippen MR) is 59.3 cm³/mol. The van der Waals surface area contributed by atoms with Gasteiger partial charge in [0.15, 0.2) is 6.10 Å². The molecule has 1 aromatic rings. The highest BCUT2D eigenvalue weighted by Gasteiger charge is 2.39. The number of nitrogens with zero attached hydrogens (tertiary/aromatic N) is 1. The minimum atomic E-state index is -0.431. The van der Waals surface area contributed by atoms with Crippen molar-refractivity contribution >= 4 is 17.7 Å². The lowest BCUT2D eigenvalue weighted by Crippen LogP contribution is -2.33. The summed E-state index contributed by atoms with van der Waals surface area (Å²) in [5, 5.41) is 9.87. The molecule has 1 aliphatic heterocycles. The van der Waals surface area contributed by atoms with Crippen LogP contribution in [-0.4, -0.2) is 35.8 Å². The standard InChI is InChI=1S/C11H12ClNO3/c1-13-9(6-14)10(16-11(13)15)7-2-4-8(12)5-3-7/h2-5,9-10,14H,6H2,1H3. The lowest BCUT2D eigenvalue weighted by molar-refractivity contribution is 0.118. The number of aliphatic hydroxyl groups is 1. The fraction of sp³-hybridized carbons (Fsp3) is 0.364. The van der Waals surface area contributed by atoms with Crippen molar-refractivity contribution in [2.75, 3.05) is 13.7 Å². The summed E-state index contributed by atoms with van der Waals surface area (Å²) in [6.45, 7) is -0.129. The van der Waals surface area contributed by atoms with Crippen LogP contribution in [0.2, 0.25) is 5.02 Å². The van der Waals surface area contributed by atoms with Crippen LogP contribution in [0.4, 0.5) is 4.79 Å². The molecule has 0 aromatic heterocycles. The van der Waals surface area contributed by atoms with E-state index in [0.717, 1.165) is 5.56 Å². The van der Waals surface area contributed by atoms with Crippen LogP contribution < -0.4 is 0 Å². The first-order valence-corrected chi connectivity index (χ1v) is 5.31. The normalized spacial score (nSPS) is 24.7. The summed E-state index contributed by atoms with van der Waals surface area (Å²) in [6.07, 6.45) is -0.848. The average molecular weight is 242 g/mol. The van der Waals surface area contributed by atoms with E-state index >= 15 is 0 Å². The summed E-state index contributed by atoms with van der Waals surface area (Å²) in [6, 6.07) is 6.72. The number of aliphatic hydroxyl groups excluding tert-OH is 1. The second-order valence-electron chi connectivity index (χ2n) is 3.72. The average Bonchev–Trinajstić information content (AvgIpc) is 2.56. The first-order chi connectivity index (χ1) is 7.63. The highest BCUT2D eigenvalue weighted by atomic mass is 35.5. The van der Waals surface area contributed by atoms with Crippen LogP contribution >= 0.6 is 11.6 Å². The Balaban J connectivity index is 2.27. The molecule has 0 aliphatic carbocycles. The van der Waals surface area contributed by atoms with E-state index in [1.807, 2.05) is 0 Å². The molecule has 1 amide bonds. The van der Waals surface area contributed by atoms with E-state index in [9.17, 15) is 9.90 Å². The Morgan fingerprint density at radius 1 is 1.44 bits per heavy atom. The zero-order valence-electron chi connectivity index (χ0n) is 8.76. The molecule has 4 nitrogen and oxygen atoms in total. The largest absolute Gasteiger partial charge is 0.439 e. The number of carbonyl (C=O) groups excluding carboxylic acids is 1. The molecule has 1 N–H and O–H groups in total. The van der Waals surface area contributed by atoms with E-state index in [1.54, 1.807) is 31.3 Å². The van der Waals surface area contributed by atoms with Crippen molar-refractivity contribution in [2.45, 2.75) is 12.1 Å². The number of hydrogen-bond donors (Lipinski definition) is 1. The van der Waals surface area contributed by atoms with Gasteiger partial charge in [0.1, 0.15) is 0 Å². The van der Waals surface area contributed by atoms with E-state index in [4.69, 9.17) is 16.3 Å². The third-order valence-corrected chi connectivity index (χ3v) is 3.00. The van der Waals surface area contributed by atoms with Crippen LogP contribution in [0.15, 0.2) is 24.3 Å². The van der Waals surface area contributed by atoms with Crippen molar-refractivity contribution in [3.63, 3.8) is 0 Å². The van der Waals surface area contributed by atoms with Crippen molar-refractivity contribution in [1.82, 2.24) is 4.90 Å². The molecule has 16 heavy (non-hydrogen) atoms. The van der Waals surface area contributed by atoms with Crippen molar-refractivity contribution in [2.24, 2.45) is 0 Å². The molecule has 1 aliphatic rings. The Kier molecular flexibility index (Phi) is 3.03. The van der Waals surface area contributed by atoms with Gasteiger partial charge < -0.3 is 14.7 Å². The molecule has 1 aromatic carbocycles. The molecule has 0 radical (unpaired) electrons. The smallest absolute Gasteiger partial charge is 0.410 e. The Bertz CT molecular complexity index is 393. The quantitative estimate of drug-likeness (QED) is 0.859. The third-order valence-electron chi connectivity index (χ3n) is 2.75. The highest BCUT2D eigenvalue weighted by molar-refractivity contribution is 6.30. The van der Waals surface area contributed by atoms with Gasteiger partial charge in [-0.2, -0.15) is 0 Å².